The number of aryl methyl sites for hydroxylation is 1. The third-order valence-corrected chi connectivity index (χ3v) is 4.72. The molecule has 4 nitrogen and oxygen atoms in total. The van der Waals surface area contributed by atoms with Crippen molar-refractivity contribution in [1.29, 1.82) is 0 Å². The minimum absolute atomic E-state index is 0.296. The Kier molecular flexibility index (Phi) is 6.54. The molecule has 3 aromatic rings. The molecule has 0 spiro atoms. The van der Waals surface area contributed by atoms with Crippen LogP contribution in [0.5, 0.6) is 5.75 Å². The molecule has 0 fully saturated rings. The van der Waals surface area contributed by atoms with Gasteiger partial charge in [0.25, 0.3) is 0 Å². The molecular formula is C22H21F4N3O. The van der Waals surface area contributed by atoms with Gasteiger partial charge in [-0.25, -0.2) is 14.4 Å². The highest BCUT2D eigenvalue weighted by Gasteiger charge is 2.30. The minimum Gasteiger partial charge on any atom is -0.505 e. The van der Waals surface area contributed by atoms with Crippen LogP contribution in [0.15, 0.2) is 54.9 Å². The van der Waals surface area contributed by atoms with Gasteiger partial charge < -0.3 is 10.0 Å². The Morgan fingerprint density at radius 3 is 2.13 bits per heavy atom. The highest BCUT2D eigenvalue weighted by molar-refractivity contribution is 5.35. The number of halogens is 4. The lowest BCUT2D eigenvalue weighted by atomic mass is 10.1. The van der Waals surface area contributed by atoms with Crippen LogP contribution in [0.1, 0.15) is 29.2 Å². The topological polar surface area (TPSA) is 49.2 Å². The average molecular weight is 419 g/mol. The van der Waals surface area contributed by atoms with Gasteiger partial charge in [0.15, 0.2) is 11.6 Å². The minimum atomic E-state index is -4.39. The molecule has 0 radical (unpaired) electrons. The number of anilines is 1. The lowest BCUT2D eigenvalue weighted by Crippen LogP contribution is -2.27. The lowest BCUT2D eigenvalue weighted by Gasteiger charge is -2.23. The van der Waals surface area contributed by atoms with E-state index in [9.17, 15) is 22.7 Å². The van der Waals surface area contributed by atoms with Crippen molar-refractivity contribution in [2.24, 2.45) is 0 Å². The molecular weight excluding hydrogens is 398 g/mol. The van der Waals surface area contributed by atoms with Gasteiger partial charge in [0.1, 0.15) is 0 Å². The number of aromatic hydroxyl groups is 1. The number of aromatic nitrogens is 2. The van der Waals surface area contributed by atoms with E-state index in [0.29, 0.717) is 36.6 Å². The molecule has 158 valence electrons. The molecule has 0 saturated heterocycles. The molecule has 0 aliphatic heterocycles. The molecule has 1 N–H and O–H groups in total. The van der Waals surface area contributed by atoms with Crippen LogP contribution in [0.4, 0.5) is 23.5 Å². The molecule has 30 heavy (non-hydrogen) atoms. The molecule has 0 bridgehead atoms. The van der Waals surface area contributed by atoms with Crippen LogP contribution in [0.25, 0.3) is 0 Å². The summed E-state index contributed by atoms with van der Waals surface area (Å²) in [6, 6.07) is 9.11. The molecule has 0 aliphatic carbocycles. The Hall–Kier alpha value is -3.16. The Morgan fingerprint density at radius 1 is 0.933 bits per heavy atom. The quantitative estimate of drug-likeness (QED) is 0.538. The maximum absolute atomic E-state index is 13.6. The van der Waals surface area contributed by atoms with E-state index in [1.807, 2.05) is 11.8 Å². The predicted octanol–water partition coefficient (Wildman–Crippen LogP) is 5.15. The largest absolute Gasteiger partial charge is 0.505 e. The monoisotopic (exact) mass is 419 g/mol. The molecule has 1 aromatic heterocycles. The normalized spacial score (nSPS) is 11.5. The number of phenols is 1. The molecule has 0 aliphatic rings. The van der Waals surface area contributed by atoms with Crippen molar-refractivity contribution in [3.8, 4) is 5.75 Å². The second kappa shape index (κ2) is 9.11. The second-order valence-electron chi connectivity index (χ2n) is 6.90. The Balaban J connectivity index is 1.80. The summed E-state index contributed by atoms with van der Waals surface area (Å²) >= 11 is 0. The molecule has 3 rings (SSSR count). The predicted molar refractivity (Wildman–Crippen MR) is 106 cm³/mol. The van der Waals surface area contributed by atoms with Crippen molar-refractivity contribution in [2.45, 2.75) is 32.5 Å². The number of hydrogen-bond donors (Lipinski definition) is 1. The van der Waals surface area contributed by atoms with E-state index in [4.69, 9.17) is 0 Å². The first-order valence-electron chi connectivity index (χ1n) is 9.45. The van der Waals surface area contributed by atoms with Crippen molar-refractivity contribution in [2.75, 3.05) is 11.4 Å². The van der Waals surface area contributed by atoms with Crippen LogP contribution < -0.4 is 4.90 Å². The van der Waals surface area contributed by atoms with Crippen molar-refractivity contribution in [3.05, 3.63) is 82.9 Å². The van der Waals surface area contributed by atoms with E-state index in [0.717, 1.165) is 24.1 Å². The number of alkyl halides is 3. The van der Waals surface area contributed by atoms with Crippen LogP contribution in [0, 0.1) is 5.82 Å². The third kappa shape index (κ3) is 5.46. The van der Waals surface area contributed by atoms with Gasteiger partial charge >= 0.3 is 6.18 Å². The smallest absolute Gasteiger partial charge is 0.416 e. The van der Waals surface area contributed by atoms with Gasteiger partial charge in [0.05, 0.1) is 5.56 Å². The average Bonchev–Trinajstić information content (AvgIpc) is 2.73. The first kappa shape index (κ1) is 21.5. The van der Waals surface area contributed by atoms with Gasteiger partial charge in [-0.1, -0.05) is 25.1 Å². The number of nitrogens with zero attached hydrogens (tertiary/aromatic N) is 3. The Morgan fingerprint density at radius 2 is 1.57 bits per heavy atom. The zero-order valence-electron chi connectivity index (χ0n) is 16.3. The number of hydrogen-bond acceptors (Lipinski definition) is 4. The maximum Gasteiger partial charge on any atom is 0.416 e. The summed E-state index contributed by atoms with van der Waals surface area (Å²) in [5, 5.41) is 9.34. The van der Waals surface area contributed by atoms with Crippen LogP contribution in [0.3, 0.4) is 0 Å². The zero-order chi connectivity index (χ0) is 21.7. The van der Waals surface area contributed by atoms with Gasteiger partial charge in [0, 0.05) is 25.5 Å². The van der Waals surface area contributed by atoms with Gasteiger partial charge in [0.2, 0.25) is 5.95 Å². The Labute approximate surface area is 171 Å². The molecule has 0 atom stereocenters. The molecule has 8 heteroatoms. The molecule has 1 heterocycles. The van der Waals surface area contributed by atoms with Crippen LogP contribution in [0.2, 0.25) is 0 Å². The summed E-state index contributed by atoms with van der Waals surface area (Å²) in [6.45, 7) is 2.69. The van der Waals surface area contributed by atoms with E-state index in [1.54, 1.807) is 18.5 Å². The SMILES string of the molecule is CCc1cnc(N(CCc2ccc(O)c(F)c2)Cc2ccc(C(F)(F)F)cc2)nc1. The van der Waals surface area contributed by atoms with Crippen molar-refractivity contribution in [1.82, 2.24) is 9.97 Å². The fraction of sp³-hybridized carbons (Fsp3) is 0.273. The summed E-state index contributed by atoms with van der Waals surface area (Å²) in [5.41, 5.74) is 1.60. The van der Waals surface area contributed by atoms with E-state index in [-0.39, 0.29) is 0 Å². The number of rotatable bonds is 7. The van der Waals surface area contributed by atoms with Crippen LogP contribution in [-0.4, -0.2) is 21.6 Å². The van der Waals surface area contributed by atoms with E-state index in [1.165, 1.54) is 24.3 Å². The van der Waals surface area contributed by atoms with Crippen molar-refractivity contribution >= 4 is 5.95 Å². The first-order valence-corrected chi connectivity index (χ1v) is 9.45. The summed E-state index contributed by atoms with van der Waals surface area (Å²) in [7, 11) is 0. The molecule has 0 saturated carbocycles. The van der Waals surface area contributed by atoms with Crippen molar-refractivity contribution < 1.29 is 22.7 Å². The summed E-state index contributed by atoms with van der Waals surface area (Å²) in [5.74, 6) is -0.685. The summed E-state index contributed by atoms with van der Waals surface area (Å²) < 4.78 is 52.0. The highest BCUT2D eigenvalue weighted by Crippen LogP contribution is 2.29. The van der Waals surface area contributed by atoms with Crippen LogP contribution in [-0.2, 0) is 25.6 Å². The Bertz CT molecular complexity index is 973. The van der Waals surface area contributed by atoms with Gasteiger partial charge in [-0.15, -0.1) is 0 Å². The number of phenolic OH excluding ortho intramolecular Hbond substituents is 1. The summed E-state index contributed by atoms with van der Waals surface area (Å²) in [6.07, 6.45) is 0.258. The standard InChI is InChI=1S/C22H21F4N3O/c1-2-15-12-27-21(28-13-15)29(10-9-16-5-8-20(30)19(23)11-16)14-17-3-6-18(7-4-17)22(24,25)26/h3-8,11-13,30H,2,9-10,14H2,1H3. The maximum atomic E-state index is 13.6. The van der Waals surface area contributed by atoms with Gasteiger partial charge in [-0.2, -0.15) is 13.2 Å². The second-order valence-corrected chi connectivity index (χ2v) is 6.90. The molecule has 0 amide bonds. The first-order chi connectivity index (χ1) is 14.3. The fourth-order valence-corrected chi connectivity index (χ4v) is 2.93. The van der Waals surface area contributed by atoms with Gasteiger partial charge in [-0.3, -0.25) is 0 Å². The molecule has 2 aromatic carbocycles. The van der Waals surface area contributed by atoms with Crippen LogP contribution >= 0.6 is 0 Å². The lowest BCUT2D eigenvalue weighted by molar-refractivity contribution is -0.137. The molecule has 0 unspecified atom stereocenters. The highest BCUT2D eigenvalue weighted by atomic mass is 19.4. The zero-order valence-corrected chi connectivity index (χ0v) is 16.3. The van der Waals surface area contributed by atoms with E-state index < -0.39 is 23.3 Å². The van der Waals surface area contributed by atoms with E-state index in [2.05, 4.69) is 9.97 Å². The fourth-order valence-electron chi connectivity index (χ4n) is 2.93. The van der Waals surface area contributed by atoms with Gasteiger partial charge in [-0.05, 0) is 53.8 Å². The summed E-state index contributed by atoms with van der Waals surface area (Å²) in [4.78, 5) is 10.6. The third-order valence-electron chi connectivity index (χ3n) is 4.72. The van der Waals surface area contributed by atoms with E-state index >= 15 is 0 Å². The number of benzene rings is 2. The van der Waals surface area contributed by atoms with Crippen molar-refractivity contribution in [3.63, 3.8) is 0 Å².